The largest absolute Gasteiger partial charge is 0.497 e. The fourth-order valence-corrected chi connectivity index (χ4v) is 4.06. The zero-order valence-corrected chi connectivity index (χ0v) is 18.6. The van der Waals surface area contributed by atoms with E-state index in [1.54, 1.807) is 7.11 Å². The number of benzene rings is 3. The lowest BCUT2D eigenvalue weighted by Gasteiger charge is -2.30. The molecule has 3 aromatic rings. The third-order valence-electron chi connectivity index (χ3n) is 5.02. The van der Waals surface area contributed by atoms with Gasteiger partial charge in [0.25, 0.3) is 0 Å². The van der Waals surface area contributed by atoms with E-state index in [1.165, 1.54) is 3.57 Å². The van der Waals surface area contributed by atoms with E-state index in [4.69, 9.17) is 21.3 Å². The minimum Gasteiger partial charge on any atom is -0.497 e. The van der Waals surface area contributed by atoms with Gasteiger partial charge < -0.3 is 9.64 Å². The number of hydrogen-bond donors (Lipinski definition) is 0. The highest BCUT2D eigenvalue weighted by molar-refractivity contribution is 14.1. The van der Waals surface area contributed by atoms with Gasteiger partial charge in [-0.15, -0.1) is 0 Å². The number of nitrogens with zero attached hydrogens (tertiary/aromatic N) is 2. The predicted molar refractivity (Wildman–Crippen MR) is 125 cm³/mol. The Morgan fingerprint density at radius 3 is 2.18 bits per heavy atom. The van der Waals surface area contributed by atoms with Crippen LogP contribution in [0.25, 0.3) is 0 Å². The Morgan fingerprint density at radius 1 is 0.929 bits per heavy atom. The minimum atomic E-state index is -0.0911. The highest BCUT2D eigenvalue weighted by Crippen LogP contribution is 2.38. The van der Waals surface area contributed by atoms with Crippen molar-refractivity contribution in [3.63, 3.8) is 0 Å². The van der Waals surface area contributed by atoms with Crippen LogP contribution in [0.5, 0.6) is 5.75 Å². The number of methoxy groups -OCH3 is 1. The average Bonchev–Trinajstić information content (AvgIpc) is 3.06. The number of rotatable bonds is 4. The van der Waals surface area contributed by atoms with Crippen LogP contribution < -0.4 is 9.64 Å². The predicted octanol–water partition coefficient (Wildman–Crippen LogP) is 6.35. The molecule has 3 nitrogen and oxygen atoms in total. The van der Waals surface area contributed by atoms with E-state index in [1.807, 2.05) is 36.4 Å². The van der Waals surface area contributed by atoms with Gasteiger partial charge in [0.05, 0.1) is 18.9 Å². The van der Waals surface area contributed by atoms with Crippen molar-refractivity contribution in [1.82, 2.24) is 0 Å². The maximum Gasteiger partial charge on any atom is 0.148 e. The molecule has 0 radical (unpaired) electrons. The van der Waals surface area contributed by atoms with Crippen molar-refractivity contribution in [1.29, 1.82) is 0 Å². The Labute approximate surface area is 184 Å². The van der Waals surface area contributed by atoms with Crippen molar-refractivity contribution in [3.05, 3.63) is 92.5 Å². The Morgan fingerprint density at radius 2 is 1.57 bits per heavy atom. The van der Waals surface area contributed by atoms with E-state index in [0.29, 0.717) is 0 Å². The summed E-state index contributed by atoms with van der Waals surface area (Å²) in [5, 5.41) is 0.733. The molecule has 1 aliphatic rings. The van der Waals surface area contributed by atoms with Crippen LogP contribution in [0, 0.1) is 3.57 Å². The number of hydrogen-bond acceptors (Lipinski definition) is 3. The zero-order chi connectivity index (χ0) is 19.7. The van der Waals surface area contributed by atoms with E-state index in [9.17, 15) is 0 Å². The summed E-state index contributed by atoms with van der Waals surface area (Å²) in [7, 11) is 1.68. The quantitative estimate of drug-likeness (QED) is 0.388. The smallest absolute Gasteiger partial charge is 0.148 e. The van der Waals surface area contributed by atoms with Gasteiger partial charge in [-0.3, -0.25) is 4.99 Å². The molecule has 3 aromatic carbocycles. The lowest BCUT2D eigenvalue weighted by Crippen LogP contribution is -2.35. The molecule has 0 N–H and O–H groups in total. The number of halogens is 2. The summed E-state index contributed by atoms with van der Waals surface area (Å²) in [5.41, 5.74) is 4.45. The molecular formula is C23H20ClIN2O. The second-order valence-corrected chi connectivity index (χ2v) is 8.41. The van der Waals surface area contributed by atoms with Crippen LogP contribution in [-0.4, -0.2) is 18.9 Å². The van der Waals surface area contributed by atoms with Gasteiger partial charge >= 0.3 is 0 Å². The summed E-state index contributed by atoms with van der Waals surface area (Å²) >= 11 is 8.42. The maximum absolute atomic E-state index is 6.08. The molecule has 2 atom stereocenters. The zero-order valence-electron chi connectivity index (χ0n) is 15.6. The first-order chi connectivity index (χ1) is 13.6. The second-order valence-electron chi connectivity index (χ2n) is 6.73. The first-order valence-electron chi connectivity index (χ1n) is 9.08. The molecule has 0 spiro atoms. The molecule has 4 rings (SSSR count). The van der Waals surface area contributed by atoms with Crippen molar-refractivity contribution in [2.75, 3.05) is 12.0 Å². The SMILES string of the molecule is COc1ccc(C2N=C(c3ccc(Cl)cc3)C(C)N2c2ccc(I)cc2)cc1. The molecule has 28 heavy (non-hydrogen) atoms. The van der Waals surface area contributed by atoms with E-state index < -0.39 is 0 Å². The molecule has 5 heteroatoms. The number of anilines is 1. The summed E-state index contributed by atoms with van der Waals surface area (Å²) in [6, 6.07) is 24.8. The van der Waals surface area contributed by atoms with E-state index in [0.717, 1.165) is 33.3 Å². The van der Waals surface area contributed by atoms with Crippen LogP contribution >= 0.6 is 34.2 Å². The van der Waals surface area contributed by atoms with Crippen LogP contribution in [-0.2, 0) is 0 Å². The lowest BCUT2D eigenvalue weighted by molar-refractivity contribution is 0.414. The molecule has 0 aliphatic carbocycles. The molecule has 0 fully saturated rings. The molecule has 0 amide bonds. The summed E-state index contributed by atoms with van der Waals surface area (Å²) in [6.45, 7) is 2.20. The minimum absolute atomic E-state index is 0.0911. The van der Waals surface area contributed by atoms with Crippen LogP contribution in [0.2, 0.25) is 5.02 Å². The van der Waals surface area contributed by atoms with Gasteiger partial charge in [0.1, 0.15) is 11.9 Å². The Hall–Kier alpha value is -2.05. The van der Waals surface area contributed by atoms with Gasteiger partial charge in [-0.1, -0.05) is 35.9 Å². The topological polar surface area (TPSA) is 24.8 Å². The highest BCUT2D eigenvalue weighted by Gasteiger charge is 2.35. The summed E-state index contributed by atoms with van der Waals surface area (Å²) in [5.74, 6) is 0.845. The van der Waals surface area contributed by atoms with Crippen molar-refractivity contribution in [2.24, 2.45) is 4.99 Å². The summed E-state index contributed by atoms with van der Waals surface area (Å²) in [4.78, 5) is 7.49. The van der Waals surface area contributed by atoms with Gasteiger partial charge in [-0.25, -0.2) is 0 Å². The van der Waals surface area contributed by atoms with E-state index in [-0.39, 0.29) is 12.2 Å². The third-order valence-corrected chi connectivity index (χ3v) is 5.99. The van der Waals surface area contributed by atoms with Crippen LogP contribution in [0.1, 0.15) is 24.2 Å². The fraction of sp³-hybridized carbons (Fsp3) is 0.174. The Kier molecular flexibility index (Phi) is 5.60. The van der Waals surface area contributed by atoms with Gasteiger partial charge in [0.15, 0.2) is 0 Å². The highest BCUT2D eigenvalue weighted by atomic mass is 127. The molecule has 0 bridgehead atoms. The standard InChI is InChI=1S/C23H20ClIN2O/c1-15-22(16-3-7-18(24)8-4-16)26-23(17-5-13-21(28-2)14-6-17)27(15)20-11-9-19(25)10-12-20/h3-15,23H,1-2H3. The van der Waals surface area contributed by atoms with Crippen LogP contribution in [0.4, 0.5) is 5.69 Å². The van der Waals surface area contributed by atoms with Gasteiger partial charge in [-0.2, -0.15) is 0 Å². The van der Waals surface area contributed by atoms with Crippen LogP contribution in [0.15, 0.2) is 77.8 Å². The Balaban J connectivity index is 1.78. The molecule has 1 aliphatic heterocycles. The summed E-state index contributed by atoms with van der Waals surface area (Å²) in [6.07, 6.45) is -0.0911. The molecule has 2 unspecified atom stereocenters. The first-order valence-corrected chi connectivity index (χ1v) is 10.5. The number of aliphatic imine (C=N–C) groups is 1. The Bertz CT molecular complexity index is 985. The molecule has 1 heterocycles. The van der Waals surface area contributed by atoms with Crippen molar-refractivity contribution < 1.29 is 4.74 Å². The normalized spacial score (nSPS) is 18.9. The van der Waals surface area contributed by atoms with E-state index >= 15 is 0 Å². The molecule has 0 saturated carbocycles. The molecule has 0 aromatic heterocycles. The van der Waals surface area contributed by atoms with Crippen molar-refractivity contribution in [2.45, 2.75) is 19.1 Å². The first kappa shape index (κ1) is 19.3. The fourth-order valence-electron chi connectivity index (χ4n) is 3.57. The number of ether oxygens (including phenoxy) is 1. The average molecular weight is 503 g/mol. The monoisotopic (exact) mass is 502 g/mol. The summed E-state index contributed by atoms with van der Waals surface area (Å²) < 4.78 is 6.53. The van der Waals surface area contributed by atoms with Crippen LogP contribution in [0.3, 0.4) is 0 Å². The van der Waals surface area contributed by atoms with Gasteiger partial charge in [0.2, 0.25) is 0 Å². The van der Waals surface area contributed by atoms with Crippen molar-refractivity contribution >= 4 is 45.6 Å². The molecule has 142 valence electrons. The molecule has 0 saturated heterocycles. The van der Waals surface area contributed by atoms with Gasteiger partial charge in [-0.05, 0) is 89.2 Å². The molecular weight excluding hydrogens is 483 g/mol. The third kappa shape index (κ3) is 3.76. The maximum atomic E-state index is 6.08. The van der Waals surface area contributed by atoms with Crippen molar-refractivity contribution in [3.8, 4) is 5.75 Å². The lowest BCUT2D eigenvalue weighted by atomic mass is 10.0. The van der Waals surface area contributed by atoms with E-state index in [2.05, 4.69) is 70.8 Å². The second kappa shape index (κ2) is 8.13. The van der Waals surface area contributed by atoms with Gasteiger partial charge in [0, 0.05) is 14.3 Å².